The maximum absolute atomic E-state index is 9.61. The van der Waals surface area contributed by atoms with Crippen LogP contribution in [0.2, 0.25) is 0 Å². The van der Waals surface area contributed by atoms with Crippen LogP contribution in [0.5, 0.6) is 0 Å². The molecule has 106 valence electrons. The number of nitrogens with zero attached hydrogens (tertiary/aromatic N) is 3. The van der Waals surface area contributed by atoms with Crippen LogP contribution in [0.4, 0.5) is 0 Å². The molecule has 2 aromatic rings. The largest absolute Gasteiger partial charge is 0.566 e. The second-order valence-corrected chi connectivity index (χ2v) is 4.95. The van der Waals surface area contributed by atoms with Crippen LogP contribution in [-0.4, -0.2) is 17.8 Å². The molecule has 0 aliphatic carbocycles. The van der Waals surface area contributed by atoms with Crippen molar-refractivity contribution in [1.29, 1.82) is 5.26 Å². The summed E-state index contributed by atoms with van der Waals surface area (Å²) in [7, 11) is 7.28. The number of hydrogen-bond acceptors (Lipinski definition) is 4. The lowest BCUT2D eigenvalue weighted by Gasteiger charge is -2.11. The molecule has 6 heteroatoms. The quantitative estimate of drug-likeness (QED) is 0.493. The van der Waals surface area contributed by atoms with Crippen LogP contribution >= 0.6 is 0 Å². The molecular formula is C15H16BN3O2. The van der Waals surface area contributed by atoms with E-state index in [1.807, 2.05) is 27.8 Å². The Balaban J connectivity index is 2.80. The van der Waals surface area contributed by atoms with E-state index in [0.717, 1.165) is 22.5 Å². The first-order valence-corrected chi connectivity index (χ1v) is 6.49. The highest BCUT2D eigenvalue weighted by Crippen LogP contribution is 2.33. The molecule has 5 nitrogen and oxygen atoms in total. The van der Waals surface area contributed by atoms with E-state index in [9.17, 15) is 5.26 Å². The van der Waals surface area contributed by atoms with Crippen molar-refractivity contribution in [2.24, 2.45) is 7.05 Å². The van der Waals surface area contributed by atoms with Gasteiger partial charge in [-0.15, -0.1) is 0 Å². The van der Waals surface area contributed by atoms with Crippen LogP contribution in [0.1, 0.15) is 33.8 Å². The molecule has 0 atom stereocenters. The summed E-state index contributed by atoms with van der Waals surface area (Å²) in [5.74, 6) is 0.959. The normalized spacial score (nSPS) is 12.0. The molecule has 0 N–H and O–H groups in total. The molecule has 0 bridgehead atoms. The minimum absolute atomic E-state index is 0.306. The second-order valence-electron chi connectivity index (χ2n) is 4.95. The Morgan fingerprint density at radius 3 is 2.38 bits per heavy atom. The van der Waals surface area contributed by atoms with Gasteiger partial charge in [0, 0.05) is 18.3 Å². The van der Waals surface area contributed by atoms with E-state index in [1.165, 1.54) is 0 Å². The molecule has 2 radical (unpaired) electrons. The predicted molar refractivity (Wildman–Crippen MR) is 80.1 cm³/mol. The zero-order chi connectivity index (χ0) is 15.7. The van der Waals surface area contributed by atoms with Crippen molar-refractivity contribution >= 4 is 19.4 Å². The van der Waals surface area contributed by atoms with E-state index < -0.39 is 0 Å². The molecule has 2 heterocycles. The number of aryl methyl sites for hydroxylation is 4. The molecular weight excluding hydrogens is 265 g/mol. The molecule has 0 spiro atoms. The first-order chi connectivity index (χ1) is 9.92. The van der Waals surface area contributed by atoms with Crippen LogP contribution in [0.25, 0.3) is 11.3 Å². The lowest BCUT2D eigenvalue weighted by molar-refractivity contribution is 0.525. The van der Waals surface area contributed by atoms with Gasteiger partial charge in [0.1, 0.15) is 23.2 Å². The molecule has 0 amide bonds. The Morgan fingerprint density at radius 1 is 1.33 bits per heavy atom. The predicted octanol–water partition coefficient (Wildman–Crippen LogP) is 2.74. The second kappa shape index (κ2) is 5.53. The SMILES string of the molecule is [B]OC(=C(C#N)c1c(C)nn(C)c1C)c1c(C)coc1C. The fraction of sp³-hybridized carbons (Fsp3) is 0.333. The van der Waals surface area contributed by atoms with Crippen molar-refractivity contribution in [3.05, 3.63) is 40.1 Å². The number of aromatic nitrogens is 2. The minimum atomic E-state index is 0.306. The van der Waals surface area contributed by atoms with Gasteiger partial charge in [0.2, 0.25) is 0 Å². The van der Waals surface area contributed by atoms with Crippen molar-refractivity contribution in [1.82, 2.24) is 9.78 Å². The number of hydrogen-bond donors (Lipinski definition) is 0. The van der Waals surface area contributed by atoms with Crippen molar-refractivity contribution in [2.75, 3.05) is 0 Å². The highest BCUT2D eigenvalue weighted by atomic mass is 16.4. The van der Waals surface area contributed by atoms with Gasteiger partial charge in [0.05, 0.1) is 17.5 Å². The third-order valence-corrected chi connectivity index (χ3v) is 3.60. The first-order valence-electron chi connectivity index (χ1n) is 6.49. The van der Waals surface area contributed by atoms with Crippen molar-refractivity contribution in [2.45, 2.75) is 27.7 Å². The van der Waals surface area contributed by atoms with Crippen LogP contribution in [0.15, 0.2) is 10.7 Å². The standard InChI is InChI=1S/C15H16BN3O2/c1-8-7-20-11(4)13(8)15(21-16)12(6-17)14-9(2)18-19(5)10(14)3/h7H,1-5H3. The molecule has 2 rings (SSSR count). The Hall–Kier alpha value is -2.42. The molecule has 0 aromatic carbocycles. The summed E-state index contributed by atoms with van der Waals surface area (Å²) < 4.78 is 12.1. The highest BCUT2D eigenvalue weighted by molar-refractivity contribution is 6.07. The number of allylic oxidation sites excluding steroid dienone is 1. The summed E-state index contributed by atoms with van der Waals surface area (Å²) in [5.41, 5.74) is 4.28. The van der Waals surface area contributed by atoms with Gasteiger partial charge >= 0.3 is 8.05 Å². The highest BCUT2D eigenvalue weighted by Gasteiger charge is 2.22. The van der Waals surface area contributed by atoms with E-state index in [0.29, 0.717) is 22.7 Å². The van der Waals surface area contributed by atoms with Gasteiger partial charge in [-0.2, -0.15) is 10.4 Å². The van der Waals surface area contributed by atoms with Crippen LogP contribution in [0.3, 0.4) is 0 Å². The molecule has 0 saturated carbocycles. The van der Waals surface area contributed by atoms with Gasteiger partial charge in [-0.3, -0.25) is 4.68 Å². The van der Waals surface area contributed by atoms with Crippen molar-refractivity contribution in [3.63, 3.8) is 0 Å². The fourth-order valence-corrected chi connectivity index (χ4v) is 2.51. The molecule has 0 aliphatic rings. The van der Waals surface area contributed by atoms with Gasteiger partial charge in [-0.05, 0) is 33.3 Å². The molecule has 0 aliphatic heterocycles. The van der Waals surface area contributed by atoms with E-state index >= 15 is 0 Å². The summed E-state index contributed by atoms with van der Waals surface area (Å²) in [5, 5.41) is 13.9. The van der Waals surface area contributed by atoms with Crippen molar-refractivity contribution < 1.29 is 9.07 Å². The van der Waals surface area contributed by atoms with Crippen LogP contribution in [-0.2, 0) is 11.7 Å². The average Bonchev–Trinajstić information content (AvgIpc) is 2.89. The summed E-state index contributed by atoms with van der Waals surface area (Å²) in [6.45, 7) is 7.43. The van der Waals surface area contributed by atoms with Crippen LogP contribution in [0, 0.1) is 39.0 Å². The third-order valence-electron chi connectivity index (χ3n) is 3.60. The molecule has 0 unspecified atom stereocenters. The first kappa shape index (κ1) is 15.0. The average molecular weight is 281 g/mol. The monoisotopic (exact) mass is 281 g/mol. The third kappa shape index (κ3) is 2.36. The van der Waals surface area contributed by atoms with Gasteiger partial charge in [-0.1, -0.05) is 0 Å². The summed E-state index contributed by atoms with van der Waals surface area (Å²) >= 11 is 0. The lowest BCUT2D eigenvalue weighted by atomic mass is 9.98. The maximum Gasteiger partial charge on any atom is 0.374 e. The lowest BCUT2D eigenvalue weighted by Crippen LogP contribution is -1.99. The summed E-state index contributed by atoms with van der Waals surface area (Å²) in [6, 6.07) is 2.19. The zero-order valence-electron chi connectivity index (χ0n) is 12.8. The molecule has 2 aromatic heterocycles. The topological polar surface area (TPSA) is 64.0 Å². The molecule has 0 saturated heterocycles. The van der Waals surface area contributed by atoms with Gasteiger partial charge in [0.15, 0.2) is 0 Å². The number of rotatable bonds is 3. The summed E-state index contributed by atoms with van der Waals surface area (Å²) in [4.78, 5) is 0. The van der Waals surface area contributed by atoms with E-state index in [4.69, 9.17) is 17.1 Å². The van der Waals surface area contributed by atoms with E-state index in [1.54, 1.807) is 17.9 Å². The fourth-order valence-electron chi connectivity index (χ4n) is 2.51. The Morgan fingerprint density at radius 2 is 2.00 bits per heavy atom. The molecule has 0 fully saturated rings. The van der Waals surface area contributed by atoms with Gasteiger partial charge < -0.3 is 9.07 Å². The minimum Gasteiger partial charge on any atom is -0.566 e. The van der Waals surface area contributed by atoms with Gasteiger partial charge in [-0.25, -0.2) is 0 Å². The Kier molecular flexibility index (Phi) is 3.94. The maximum atomic E-state index is 9.61. The molecule has 21 heavy (non-hydrogen) atoms. The van der Waals surface area contributed by atoms with E-state index in [2.05, 4.69) is 11.2 Å². The number of furan rings is 1. The summed E-state index contributed by atoms with van der Waals surface area (Å²) in [6.07, 6.45) is 1.61. The van der Waals surface area contributed by atoms with Crippen LogP contribution < -0.4 is 0 Å². The Bertz CT molecular complexity index is 743. The smallest absolute Gasteiger partial charge is 0.374 e. The van der Waals surface area contributed by atoms with E-state index in [-0.39, 0.29) is 0 Å². The van der Waals surface area contributed by atoms with Crippen molar-refractivity contribution in [3.8, 4) is 6.07 Å². The Labute approximate surface area is 125 Å². The number of nitriles is 1. The zero-order valence-corrected chi connectivity index (χ0v) is 12.8. The van der Waals surface area contributed by atoms with Gasteiger partial charge in [0.25, 0.3) is 0 Å².